The van der Waals surface area contributed by atoms with Crippen molar-refractivity contribution in [2.45, 2.75) is 23.1 Å². The van der Waals surface area contributed by atoms with Crippen molar-refractivity contribution in [3.05, 3.63) is 95.9 Å². The maximum atomic E-state index is 13.1. The minimum absolute atomic E-state index is 0.0209. The molecule has 1 N–H and O–H groups in total. The van der Waals surface area contributed by atoms with E-state index < -0.39 is 25.9 Å². The van der Waals surface area contributed by atoms with Crippen molar-refractivity contribution in [2.24, 2.45) is 0 Å². The maximum Gasteiger partial charge on any atom is 0.268 e. The zero-order valence-corrected chi connectivity index (χ0v) is 18.8. The molecule has 32 heavy (non-hydrogen) atoms. The second-order valence-corrected chi connectivity index (χ2v) is 11.0. The maximum absolute atomic E-state index is 13.1. The van der Waals surface area contributed by atoms with Crippen LogP contribution in [-0.4, -0.2) is 27.4 Å². The first-order valence-corrected chi connectivity index (χ1v) is 12.8. The van der Waals surface area contributed by atoms with Crippen LogP contribution < -0.4 is 4.72 Å². The normalized spacial score (nSPS) is 12.3. The average molecular weight is 473 g/mol. The van der Waals surface area contributed by atoms with E-state index in [4.69, 9.17) is 0 Å². The number of aromatic nitrogens is 1. The van der Waals surface area contributed by atoms with Crippen molar-refractivity contribution in [3.8, 4) is 0 Å². The summed E-state index contributed by atoms with van der Waals surface area (Å²) >= 11 is 0. The number of hydrogen-bond acceptors (Lipinski definition) is 4. The van der Waals surface area contributed by atoms with Gasteiger partial charge in [0, 0.05) is 18.1 Å². The molecule has 3 aromatic carbocycles. The van der Waals surface area contributed by atoms with Gasteiger partial charge in [0.15, 0.2) is 0 Å². The summed E-state index contributed by atoms with van der Waals surface area (Å²) in [5.74, 6) is -0.513. The van der Waals surface area contributed by atoms with Crippen LogP contribution in [0, 0.1) is 12.7 Å². The number of halogens is 1. The lowest BCUT2D eigenvalue weighted by atomic mass is 10.1. The van der Waals surface area contributed by atoms with Gasteiger partial charge in [-0.05, 0) is 67.4 Å². The summed E-state index contributed by atoms with van der Waals surface area (Å²) in [6.07, 6.45) is 1.87. The number of benzene rings is 3. The molecule has 0 saturated carbocycles. The standard InChI is InChI=1S/C23H21FN2O4S2/c1-17-2-8-22(9-3-17)32(29,30)26-15-13-19-5-4-18(16-23(19)26)12-14-25-31(27,28)21-10-6-20(24)7-11-21/h2-11,13,15-16,25H,12,14H2,1H3. The summed E-state index contributed by atoms with van der Waals surface area (Å²) in [5, 5.41) is 0.760. The third-order valence-electron chi connectivity index (χ3n) is 5.13. The molecule has 4 rings (SSSR count). The zero-order chi connectivity index (χ0) is 22.9. The number of nitrogens with one attached hydrogen (secondary N) is 1. The lowest BCUT2D eigenvalue weighted by Crippen LogP contribution is -2.26. The largest absolute Gasteiger partial charge is 0.268 e. The topological polar surface area (TPSA) is 85.2 Å². The van der Waals surface area contributed by atoms with Gasteiger partial charge in [-0.2, -0.15) is 0 Å². The number of hydrogen-bond donors (Lipinski definition) is 1. The highest BCUT2D eigenvalue weighted by molar-refractivity contribution is 7.90. The first-order chi connectivity index (χ1) is 15.2. The molecule has 0 saturated heterocycles. The smallest absolute Gasteiger partial charge is 0.241 e. The zero-order valence-electron chi connectivity index (χ0n) is 17.2. The molecule has 0 radical (unpaired) electrons. The Bertz CT molecular complexity index is 1480. The highest BCUT2D eigenvalue weighted by atomic mass is 32.2. The fourth-order valence-electron chi connectivity index (χ4n) is 3.37. The lowest BCUT2D eigenvalue weighted by molar-refractivity contribution is 0.580. The molecule has 0 spiro atoms. The Morgan fingerprint density at radius 3 is 2.19 bits per heavy atom. The van der Waals surface area contributed by atoms with Crippen molar-refractivity contribution in [2.75, 3.05) is 6.54 Å². The van der Waals surface area contributed by atoms with Crippen LogP contribution in [0.4, 0.5) is 4.39 Å². The SMILES string of the molecule is Cc1ccc(S(=O)(=O)n2ccc3ccc(CCNS(=O)(=O)c4ccc(F)cc4)cc32)cc1. The van der Waals surface area contributed by atoms with E-state index in [0.29, 0.717) is 11.9 Å². The van der Waals surface area contributed by atoms with Crippen LogP contribution in [0.15, 0.2) is 88.8 Å². The second-order valence-electron chi connectivity index (χ2n) is 7.42. The van der Waals surface area contributed by atoms with E-state index in [1.807, 2.05) is 13.0 Å². The number of rotatable bonds is 7. The molecule has 0 aliphatic carbocycles. The minimum Gasteiger partial charge on any atom is -0.241 e. The third kappa shape index (κ3) is 4.45. The first-order valence-electron chi connectivity index (χ1n) is 9.84. The predicted molar refractivity (Wildman–Crippen MR) is 121 cm³/mol. The van der Waals surface area contributed by atoms with Crippen LogP contribution in [-0.2, 0) is 26.5 Å². The molecular weight excluding hydrogens is 451 g/mol. The van der Waals surface area contributed by atoms with Crippen LogP contribution in [0.1, 0.15) is 11.1 Å². The molecule has 9 heteroatoms. The Hall–Kier alpha value is -3.01. The van der Waals surface area contributed by atoms with E-state index in [0.717, 1.165) is 28.6 Å². The Morgan fingerprint density at radius 1 is 0.844 bits per heavy atom. The lowest BCUT2D eigenvalue weighted by Gasteiger charge is -2.10. The van der Waals surface area contributed by atoms with Gasteiger partial charge in [-0.15, -0.1) is 0 Å². The molecule has 0 atom stereocenters. The Kier molecular flexibility index (Phi) is 5.89. The van der Waals surface area contributed by atoms with E-state index in [1.165, 1.54) is 22.3 Å². The van der Waals surface area contributed by atoms with E-state index >= 15 is 0 Å². The third-order valence-corrected chi connectivity index (χ3v) is 8.31. The monoisotopic (exact) mass is 472 g/mol. The second kappa shape index (κ2) is 8.50. The molecule has 0 fully saturated rings. The Labute approximate surface area is 186 Å². The number of aryl methyl sites for hydroxylation is 1. The number of nitrogens with zero attached hydrogens (tertiary/aromatic N) is 1. The van der Waals surface area contributed by atoms with E-state index in [-0.39, 0.29) is 16.3 Å². The Balaban J connectivity index is 1.55. The molecular formula is C23H21FN2O4S2. The summed E-state index contributed by atoms with van der Waals surface area (Å²) in [6, 6.07) is 18.3. The summed E-state index contributed by atoms with van der Waals surface area (Å²) < 4.78 is 67.7. The van der Waals surface area contributed by atoms with Gasteiger partial charge in [0.05, 0.1) is 15.3 Å². The van der Waals surface area contributed by atoms with E-state index in [9.17, 15) is 21.2 Å². The van der Waals surface area contributed by atoms with E-state index in [2.05, 4.69) is 4.72 Å². The molecule has 1 aromatic heterocycles. The highest BCUT2D eigenvalue weighted by Crippen LogP contribution is 2.24. The fourth-order valence-corrected chi connectivity index (χ4v) is 5.74. The molecule has 0 amide bonds. The van der Waals surface area contributed by atoms with Crippen molar-refractivity contribution in [1.29, 1.82) is 0 Å². The molecule has 0 aliphatic heterocycles. The van der Waals surface area contributed by atoms with Gasteiger partial charge >= 0.3 is 0 Å². The van der Waals surface area contributed by atoms with Crippen LogP contribution in [0.2, 0.25) is 0 Å². The number of sulfonamides is 1. The van der Waals surface area contributed by atoms with Gasteiger partial charge in [-0.25, -0.2) is 29.9 Å². The summed E-state index contributed by atoms with van der Waals surface area (Å²) in [7, 11) is -7.53. The summed E-state index contributed by atoms with van der Waals surface area (Å²) in [6.45, 7) is 1.99. The first kappa shape index (κ1) is 22.2. The molecule has 4 aromatic rings. The van der Waals surface area contributed by atoms with Gasteiger partial charge in [0.2, 0.25) is 10.0 Å². The van der Waals surface area contributed by atoms with Crippen LogP contribution in [0.5, 0.6) is 0 Å². The molecule has 6 nitrogen and oxygen atoms in total. The molecule has 0 bridgehead atoms. The van der Waals surface area contributed by atoms with Crippen LogP contribution in [0.3, 0.4) is 0 Å². The fraction of sp³-hybridized carbons (Fsp3) is 0.130. The highest BCUT2D eigenvalue weighted by Gasteiger charge is 2.19. The molecule has 0 unspecified atom stereocenters. The van der Waals surface area contributed by atoms with E-state index in [1.54, 1.807) is 42.5 Å². The van der Waals surface area contributed by atoms with Crippen molar-refractivity contribution in [3.63, 3.8) is 0 Å². The van der Waals surface area contributed by atoms with Crippen LogP contribution in [0.25, 0.3) is 10.9 Å². The predicted octanol–water partition coefficient (Wildman–Crippen LogP) is 3.85. The average Bonchev–Trinajstić information content (AvgIpc) is 3.18. The Morgan fingerprint density at radius 2 is 1.50 bits per heavy atom. The van der Waals surface area contributed by atoms with Crippen molar-refractivity contribution >= 4 is 30.9 Å². The van der Waals surface area contributed by atoms with Gasteiger partial charge < -0.3 is 0 Å². The quantitative estimate of drug-likeness (QED) is 0.443. The van der Waals surface area contributed by atoms with Gasteiger partial charge in [-0.3, -0.25) is 0 Å². The van der Waals surface area contributed by atoms with Crippen molar-refractivity contribution < 1.29 is 21.2 Å². The number of fused-ring (bicyclic) bond motifs is 1. The molecule has 166 valence electrons. The molecule has 0 aliphatic rings. The van der Waals surface area contributed by atoms with Gasteiger partial charge in [0.25, 0.3) is 10.0 Å². The van der Waals surface area contributed by atoms with Crippen molar-refractivity contribution in [1.82, 2.24) is 8.69 Å². The van der Waals surface area contributed by atoms with Crippen LogP contribution >= 0.6 is 0 Å². The van der Waals surface area contributed by atoms with Gasteiger partial charge in [0.1, 0.15) is 5.82 Å². The van der Waals surface area contributed by atoms with Gasteiger partial charge in [-0.1, -0.05) is 29.8 Å². The summed E-state index contributed by atoms with van der Waals surface area (Å²) in [5.41, 5.74) is 2.26. The molecule has 1 heterocycles. The minimum atomic E-state index is -3.77. The summed E-state index contributed by atoms with van der Waals surface area (Å²) in [4.78, 5) is 0.172.